The maximum absolute atomic E-state index is 10.4. The van der Waals surface area contributed by atoms with Gasteiger partial charge in [-0.15, -0.1) is 24.0 Å². The van der Waals surface area contributed by atoms with Crippen molar-refractivity contribution in [2.24, 2.45) is 10.9 Å². The lowest BCUT2D eigenvalue weighted by molar-refractivity contribution is 0.185. The Morgan fingerprint density at radius 1 is 1.33 bits per heavy atom. The van der Waals surface area contributed by atoms with E-state index in [1.165, 1.54) is 12.8 Å². The predicted octanol–water partition coefficient (Wildman–Crippen LogP) is 3.09. The Morgan fingerprint density at radius 2 is 2.08 bits per heavy atom. The van der Waals surface area contributed by atoms with E-state index < -0.39 is 6.10 Å². The highest BCUT2D eigenvalue weighted by Crippen LogP contribution is 2.27. The fraction of sp³-hybridized carbons (Fsp3) is 0.611. The van der Waals surface area contributed by atoms with Crippen LogP contribution in [-0.2, 0) is 0 Å². The number of nitrogens with zero attached hydrogens (tertiary/aromatic N) is 1. The van der Waals surface area contributed by atoms with Gasteiger partial charge < -0.3 is 20.5 Å². The Kier molecular flexibility index (Phi) is 9.43. The van der Waals surface area contributed by atoms with Crippen molar-refractivity contribution >= 4 is 29.9 Å². The molecule has 0 aliphatic heterocycles. The highest BCUT2D eigenvalue weighted by Gasteiger charge is 2.21. The summed E-state index contributed by atoms with van der Waals surface area (Å²) < 4.78 is 5.67. The van der Waals surface area contributed by atoms with E-state index in [0.717, 1.165) is 36.3 Å². The minimum atomic E-state index is -0.637. The normalized spacial score (nSPS) is 15.6. The van der Waals surface area contributed by atoms with Crippen LogP contribution >= 0.6 is 24.0 Å². The fourth-order valence-electron chi connectivity index (χ4n) is 2.26. The van der Waals surface area contributed by atoms with Crippen molar-refractivity contribution in [3.8, 4) is 5.75 Å². The largest absolute Gasteiger partial charge is 0.491 e. The summed E-state index contributed by atoms with van der Waals surface area (Å²) in [7, 11) is 0. The number of guanidine groups is 1. The summed E-state index contributed by atoms with van der Waals surface area (Å²) in [6, 6.07) is 7.58. The molecular weight excluding hydrogens is 417 g/mol. The van der Waals surface area contributed by atoms with E-state index in [0.29, 0.717) is 6.54 Å². The van der Waals surface area contributed by atoms with Crippen LogP contribution in [0, 0.1) is 5.92 Å². The van der Waals surface area contributed by atoms with Crippen molar-refractivity contribution in [2.75, 3.05) is 19.6 Å². The van der Waals surface area contributed by atoms with E-state index in [1.54, 1.807) is 0 Å². The third kappa shape index (κ3) is 7.70. The van der Waals surface area contributed by atoms with Crippen LogP contribution < -0.4 is 15.4 Å². The summed E-state index contributed by atoms with van der Waals surface area (Å²) in [5.41, 5.74) is 0.824. The van der Waals surface area contributed by atoms with Crippen molar-refractivity contribution in [2.45, 2.75) is 45.8 Å². The average Bonchev–Trinajstić information content (AvgIpc) is 3.33. The van der Waals surface area contributed by atoms with Gasteiger partial charge in [0.05, 0.1) is 18.8 Å². The van der Waals surface area contributed by atoms with Crippen LogP contribution in [0.15, 0.2) is 29.3 Å². The minimum absolute atomic E-state index is 0. The molecule has 24 heavy (non-hydrogen) atoms. The number of halogens is 1. The van der Waals surface area contributed by atoms with E-state index in [2.05, 4.69) is 15.6 Å². The Bertz CT molecular complexity index is 519. The molecule has 1 saturated carbocycles. The van der Waals surface area contributed by atoms with Crippen molar-refractivity contribution in [1.29, 1.82) is 0 Å². The number of hydrogen-bond donors (Lipinski definition) is 3. The second-order valence-electron chi connectivity index (χ2n) is 6.30. The molecule has 1 aliphatic carbocycles. The number of aliphatic imine (C=N–C) groups is 1. The van der Waals surface area contributed by atoms with Crippen LogP contribution in [0.5, 0.6) is 5.75 Å². The molecule has 0 heterocycles. The van der Waals surface area contributed by atoms with Crippen molar-refractivity contribution in [3.05, 3.63) is 29.8 Å². The topological polar surface area (TPSA) is 65.9 Å². The smallest absolute Gasteiger partial charge is 0.191 e. The standard InChI is InChI=1S/C18H29N3O2.HI/c1-4-19-18(20-11-14-8-9-14)21-12-17(22)15-6-5-7-16(10-15)23-13(2)3;/h5-7,10,13-14,17,22H,4,8-9,11-12H2,1-3H3,(H2,19,20,21);1H. The summed E-state index contributed by atoms with van der Waals surface area (Å²) in [5.74, 6) is 2.33. The summed E-state index contributed by atoms with van der Waals surface area (Å²) in [6.45, 7) is 8.11. The molecule has 3 N–H and O–H groups in total. The van der Waals surface area contributed by atoms with Gasteiger partial charge in [0, 0.05) is 13.1 Å². The number of hydrogen-bond acceptors (Lipinski definition) is 3. The van der Waals surface area contributed by atoms with Crippen molar-refractivity contribution in [1.82, 2.24) is 10.6 Å². The molecule has 1 unspecified atom stereocenters. The summed E-state index contributed by atoms with van der Waals surface area (Å²) >= 11 is 0. The molecule has 136 valence electrons. The monoisotopic (exact) mass is 447 g/mol. The second kappa shape index (κ2) is 10.8. The molecule has 0 aromatic heterocycles. The first-order valence-corrected chi connectivity index (χ1v) is 8.55. The van der Waals surface area contributed by atoms with Gasteiger partial charge in [0.1, 0.15) is 5.75 Å². The fourth-order valence-corrected chi connectivity index (χ4v) is 2.26. The Hall–Kier alpha value is -1.02. The number of aliphatic hydroxyl groups excluding tert-OH is 1. The Morgan fingerprint density at radius 3 is 2.71 bits per heavy atom. The number of ether oxygens (including phenoxy) is 1. The lowest BCUT2D eigenvalue weighted by Crippen LogP contribution is -2.38. The minimum Gasteiger partial charge on any atom is -0.491 e. The maximum atomic E-state index is 10.4. The van der Waals surface area contributed by atoms with E-state index in [1.807, 2.05) is 45.0 Å². The molecule has 0 bridgehead atoms. The molecule has 1 atom stereocenters. The molecule has 0 spiro atoms. The first-order valence-electron chi connectivity index (χ1n) is 8.55. The van der Waals surface area contributed by atoms with Gasteiger partial charge in [-0.05, 0) is 57.2 Å². The van der Waals surface area contributed by atoms with Crippen LogP contribution in [0.2, 0.25) is 0 Å². The molecule has 0 amide bonds. The van der Waals surface area contributed by atoms with E-state index in [-0.39, 0.29) is 30.1 Å². The van der Waals surface area contributed by atoms with Crippen LogP contribution in [-0.4, -0.2) is 36.8 Å². The predicted molar refractivity (Wildman–Crippen MR) is 109 cm³/mol. The molecule has 1 aromatic carbocycles. The zero-order chi connectivity index (χ0) is 16.7. The molecule has 1 fully saturated rings. The molecule has 1 aromatic rings. The second-order valence-corrected chi connectivity index (χ2v) is 6.30. The first kappa shape index (κ1) is 21.0. The van der Waals surface area contributed by atoms with Crippen LogP contribution in [0.4, 0.5) is 0 Å². The van der Waals surface area contributed by atoms with Gasteiger partial charge >= 0.3 is 0 Å². The highest BCUT2D eigenvalue weighted by molar-refractivity contribution is 14.0. The lowest BCUT2D eigenvalue weighted by Gasteiger charge is -2.15. The average molecular weight is 447 g/mol. The van der Waals surface area contributed by atoms with Crippen LogP contribution in [0.3, 0.4) is 0 Å². The molecule has 5 nitrogen and oxygen atoms in total. The van der Waals surface area contributed by atoms with Gasteiger partial charge in [0.15, 0.2) is 5.96 Å². The van der Waals surface area contributed by atoms with E-state index >= 15 is 0 Å². The highest BCUT2D eigenvalue weighted by atomic mass is 127. The van der Waals surface area contributed by atoms with Gasteiger partial charge in [-0.1, -0.05) is 12.1 Å². The molecule has 6 heteroatoms. The van der Waals surface area contributed by atoms with Crippen molar-refractivity contribution < 1.29 is 9.84 Å². The zero-order valence-corrected chi connectivity index (χ0v) is 17.1. The lowest BCUT2D eigenvalue weighted by atomic mass is 10.1. The van der Waals surface area contributed by atoms with Crippen molar-refractivity contribution in [3.63, 3.8) is 0 Å². The van der Waals surface area contributed by atoms with Gasteiger partial charge in [0.2, 0.25) is 0 Å². The Labute approximate surface area is 162 Å². The van der Waals surface area contributed by atoms with Gasteiger partial charge in [0.25, 0.3) is 0 Å². The SMILES string of the molecule is CCNC(=NCC(O)c1cccc(OC(C)C)c1)NCC1CC1.I. The zero-order valence-electron chi connectivity index (χ0n) is 14.8. The summed E-state index contributed by atoms with van der Waals surface area (Å²) in [4.78, 5) is 4.48. The number of rotatable bonds is 8. The number of benzene rings is 1. The number of nitrogens with one attached hydrogen (secondary N) is 2. The first-order chi connectivity index (χ1) is 11.1. The molecule has 2 rings (SSSR count). The summed E-state index contributed by atoms with van der Waals surface area (Å²) in [5, 5.41) is 16.9. The van der Waals surface area contributed by atoms with Crippen LogP contribution in [0.25, 0.3) is 0 Å². The Balaban J connectivity index is 0.00000288. The third-order valence-electron chi connectivity index (χ3n) is 3.64. The van der Waals surface area contributed by atoms with Gasteiger partial charge in [-0.3, -0.25) is 4.99 Å². The van der Waals surface area contributed by atoms with Gasteiger partial charge in [-0.2, -0.15) is 0 Å². The van der Waals surface area contributed by atoms with Gasteiger partial charge in [-0.25, -0.2) is 0 Å². The maximum Gasteiger partial charge on any atom is 0.191 e. The quantitative estimate of drug-likeness (QED) is 0.326. The van der Waals surface area contributed by atoms with Crippen LogP contribution in [0.1, 0.15) is 45.3 Å². The molecule has 1 aliphatic rings. The molecule has 0 saturated heterocycles. The molecule has 0 radical (unpaired) electrons. The van der Waals surface area contributed by atoms with E-state index in [9.17, 15) is 5.11 Å². The summed E-state index contributed by atoms with van der Waals surface area (Å²) in [6.07, 6.45) is 2.09. The third-order valence-corrected chi connectivity index (χ3v) is 3.64. The van der Waals surface area contributed by atoms with E-state index in [4.69, 9.17) is 4.74 Å². The molecular formula is C18H30IN3O2. The number of aliphatic hydroxyl groups is 1.